The lowest BCUT2D eigenvalue weighted by Crippen LogP contribution is -2.38. The van der Waals surface area contributed by atoms with Gasteiger partial charge in [-0.1, -0.05) is 30.3 Å². The number of carbonyl (C=O) groups excluding carboxylic acids is 1. The van der Waals surface area contributed by atoms with E-state index in [2.05, 4.69) is 34.7 Å². The van der Waals surface area contributed by atoms with Gasteiger partial charge in [-0.25, -0.2) is 9.79 Å². The second-order valence-corrected chi connectivity index (χ2v) is 6.57. The second kappa shape index (κ2) is 14.0. The van der Waals surface area contributed by atoms with Crippen molar-refractivity contribution in [2.45, 2.75) is 39.8 Å². The number of furan rings is 1. The first kappa shape index (κ1) is 26.0. The van der Waals surface area contributed by atoms with Gasteiger partial charge in [0, 0.05) is 19.7 Å². The molecule has 0 radical (unpaired) electrons. The Labute approximate surface area is 195 Å². The number of methoxy groups -OCH3 is 1. The van der Waals surface area contributed by atoms with Crippen molar-refractivity contribution >= 4 is 35.9 Å². The highest BCUT2D eigenvalue weighted by molar-refractivity contribution is 14.0. The summed E-state index contributed by atoms with van der Waals surface area (Å²) < 4.78 is 16.2. The molecule has 1 aromatic heterocycles. The highest BCUT2D eigenvalue weighted by Gasteiger charge is 2.15. The maximum atomic E-state index is 11.7. The molecule has 0 fully saturated rings. The van der Waals surface area contributed by atoms with E-state index in [0.29, 0.717) is 36.2 Å². The van der Waals surface area contributed by atoms with Gasteiger partial charge in [-0.05, 0) is 38.8 Å². The smallest absolute Gasteiger partial charge is 0.341 e. The SMILES string of the molecule is CCNC(=NCc1cc(C(=O)OC)c(C)o1)NCCCOC(C)c1ccccc1.I. The summed E-state index contributed by atoms with van der Waals surface area (Å²) in [6.07, 6.45) is 0.929. The Bertz CT molecular complexity index is 793. The monoisotopic (exact) mass is 529 g/mol. The van der Waals surface area contributed by atoms with E-state index in [0.717, 1.165) is 19.5 Å². The predicted molar refractivity (Wildman–Crippen MR) is 128 cm³/mol. The molecular formula is C22H32IN3O4. The normalized spacial score (nSPS) is 12.1. The van der Waals surface area contributed by atoms with Crippen molar-refractivity contribution < 1.29 is 18.7 Å². The highest BCUT2D eigenvalue weighted by atomic mass is 127. The summed E-state index contributed by atoms with van der Waals surface area (Å²) in [6.45, 7) is 8.27. The molecule has 0 amide bonds. The van der Waals surface area contributed by atoms with Crippen LogP contribution < -0.4 is 10.6 Å². The lowest BCUT2D eigenvalue weighted by atomic mass is 10.1. The van der Waals surface area contributed by atoms with Gasteiger partial charge in [0.05, 0.1) is 13.2 Å². The number of halogens is 1. The topological polar surface area (TPSA) is 85.1 Å². The Balaban J connectivity index is 0.00000450. The zero-order valence-corrected chi connectivity index (χ0v) is 20.4. The van der Waals surface area contributed by atoms with Crippen LogP contribution in [0.5, 0.6) is 0 Å². The molecule has 0 aliphatic heterocycles. The molecule has 1 atom stereocenters. The van der Waals surface area contributed by atoms with Crippen molar-refractivity contribution in [3.05, 3.63) is 59.0 Å². The first-order valence-electron chi connectivity index (χ1n) is 9.91. The fourth-order valence-electron chi connectivity index (χ4n) is 2.79. The third-order valence-corrected chi connectivity index (χ3v) is 4.36. The minimum Gasteiger partial charge on any atom is -0.465 e. The van der Waals surface area contributed by atoms with Gasteiger partial charge in [-0.3, -0.25) is 0 Å². The molecule has 2 aromatic rings. The summed E-state index contributed by atoms with van der Waals surface area (Å²) >= 11 is 0. The van der Waals surface area contributed by atoms with Gasteiger partial charge in [0.15, 0.2) is 5.96 Å². The fourth-order valence-corrected chi connectivity index (χ4v) is 2.79. The molecule has 7 nitrogen and oxygen atoms in total. The van der Waals surface area contributed by atoms with Gasteiger partial charge >= 0.3 is 5.97 Å². The van der Waals surface area contributed by atoms with Crippen LogP contribution in [-0.4, -0.2) is 38.7 Å². The number of carbonyl (C=O) groups is 1. The van der Waals surface area contributed by atoms with Crippen LogP contribution in [0.25, 0.3) is 0 Å². The molecule has 0 spiro atoms. The van der Waals surface area contributed by atoms with Crippen molar-refractivity contribution in [3.63, 3.8) is 0 Å². The summed E-state index contributed by atoms with van der Waals surface area (Å²) in [5.74, 6) is 1.43. The van der Waals surface area contributed by atoms with Crippen LogP contribution in [0.2, 0.25) is 0 Å². The molecule has 1 heterocycles. The minimum absolute atomic E-state index is 0. The lowest BCUT2D eigenvalue weighted by molar-refractivity contribution is 0.0598. The molecule has 166 valence electrons. The lowest BCUT2D eigenvalue weighted by Gasteiger charge is -2.14. The highest BCUT2D eigenvalue weighted by Crippen LogP contribution is 2.17. The van der Waals surface area contributed by atoms with Gasteiger partial charge in [0.2, 0.25) is 0 Å². The maximum absolute atomic E-state index is 11.7. The van der Waals surface area contributed by atoms with E-state index in [4.69, 9.17) is 13.9 Å². The summed E-state index contributed by atoms with van der Waals surface area (Å²) in [6, 6.07) is 11.9. The van der Waals surface area contributed by atoms with E-state index < -0.39 is 5.97 Å². The molecular weight excluding hydrogens is 497 g/mol. The Morgan fingerprint density at radius 2 is 1.97 bits per heavy atom. The van der Waals surface area contributed by atoms with Gasteiger partial charge in [0.25, 0.3) is 0 Å². The largest absolute Gasteiger partial charge is 0.465 e. The average Bonchev–Trinajstić information content (AvgIpc) is 3.12. The van der Waals surface area contributed by atoms with Gasteiger partial charge in [-0.15, -0.1) is 24.0 Å². The molecule has 0 aliphatic rings. The number of esters is 1. The van der Waals surface area contributed by atoms with Gasteiger partial charge in [-0.2, -0.15) is 0 Å². The number of aliphatic imine (C=N–C) groups is 1. The number of rotatable bonds is 10. The minimum atomic E-state index is -0.406. The third-order valence-electron chi connectivity index (χ3n) is 4.36. The maximum Gasteiger partial charge on any atom is 0.341 e. The van der Waals surface area contributed by atoms with Crippen LogP contribution in [0.4, 0.5) is 0 Å². The van der Waals surface area contributed by atoms with E-state index in [1.54, 1.807) is 13.0 Å². The van der Waals surface area contributed by atoms with Crippen LogP contribution in [0.3, 0.4) is 0 Å². The fraction of sp³-hybridized carbons (Fsp3) is 0.455. The Kier molecular flexibility index (Phi) is 12.1. The number of hydrogen-bond donors (Lipinski definition) is 2. The molecule has 0 bridgehead atoms. The third kappa shape index (κ3) is 8.35. The van der Waals surface area contributed by atoms with Crippen LogP contribution in [0.1, 0.15) is 53.8 Å². The summed E-state index contributed by atoms with van der Waals surface area (Å²) in [5.41, 5.74) is 1.61. The number of benzene rings is 1. The average molecular weight is 529 g/mol. The quantitative estimate of drug-likeness (QED) is 0.158. The summed E-state index contributed by atoms with van der Waals surface area (Å²) in [4.78, 5) is 16.2. The zero-order valence-electron chi connectivity index (χ0n) is 18.1. The Morgan fingerprint density at radius 3 is 2.63 bits per heavy atom. The molecule has 0 saturated carbocycles. The molecule has 2 rings (SSSR count). The van der Waals surface area contributed by atoms with E-state index >= 15 is 0 Å². The van der Waals surface area contributed by atoms with E-state index in [9.17, 15) is 4.79 Å². The molecule has 1 unspecified atom stereocenters. The summed E-state index contributed by atoms with van der Waals surface area (Å²) in [5, 5.41) is 6.48. The van der Waals surface area contributed by atoms with Crippen LogP contribution in [0.15, 0.2) is 45.8 Å². The molecule has 30 heavy (non-hydrogen) atoms. The Hall–Kier alpha value is -2.07. The van der Waals surface area contributed by atoms with Crippen molar-refractivity contribution in [1.82, 2.24) is 10.6 Å². The van der Waals surface area contributed by atoms with Gasteiger partial charge in [0.1, 0.15) is 23.6 Å². The van der Waals surface area contributed by atoms with E-state index in [1.807, 2.05) is 25.1 Å². The summed E-state index contributed by atoms with van der Waals surface area (Å²) in [7, 11) is 1.35. The molecule has 0 saturated heterocycles. The van der Waals surface area contributed by atoms with Crippen LogP contribution in [0, 0.1) is 6.92 Å². The molecule has 1 aromatic carbocycles. The zero-order chi connectivity index (χ0) is 21.1. The van der Waals surface area contributed by atoms with Crippen molar-refractivity contribution in [2.24, 2.45) is 4.99 Å². The molecule has 2 N–H and O–H groups in total. The standard InChI is InChI=1S/C22H31N3O4.HI/c1-5-23-22(25-15-19-14-20(17(3)29-19)21(26)27-4)24-12-9-13-28-16(2)18-10-7-6-8-11-18;/h6-8,10-11,14,16H,5,9,12-13,15H2,1-4H3,(H2,23,24,25);1H. The number of ether oxygens (including phenoxy) is 2. The number of aryl methyl sites for hydroxylation is 1. The van der Waals surface area contributed by atoms with Crippen molar-refractivity contribution in [1.29, 1.82) is 0 Å². The molecule has 8 heteroatoms. The van der Waals surface area contributed by atoms with Gasteiger partial charge < -0.3 is 24.5 Å². The van der Waals surface area contributed by atoms with E-state index in [-0.39, 0.29) is 30.1 Å². The van der Waals surface area contributed by atoms with Crippen LogP contribution >= 0.6 is 24.0 Å². The van der Waals surface area contributed by atoms with Crippen LogP contribution in [-0.2, 0) is 16.0 Å². The second-order valence-electron chi connectivity index (χ2n) is 6.57. The predicted octanol–water partition coefficient (Wildman–Crippen LogP) is 4.22. The number of guanidine groups is 1. The number of hydrogen-bond acceptors (Lipinski definition) is 5. The molecule has 0 aliphatic carbocycles. The first-order chi connectivity index (χ1) is 14.0. The first-order valence-corrected chi connectivity index (χ1v) is 9.91. The van der Waals surface area contributed by atoms with Crippen molar-refractivity contribution in [2.75, 3.05) is 26.8 Å². The van der Waals surface area contributed by atoms with Crippen molar-refractivity contribution in [3.8, 4) is 0 Å². The number of nitrogens with one attached hydrogen (secondary N) is 2. The number of nitrogens with zero attached hydrogens (tertiary/aromatic N) is 1. The Morgan fingerprint density at radius 1 is 1.23 bits per heavy atom. The van der Waals surface area contributed by atoms with E-state index in [1.165, 1.54) is 12.7 Å².